The molecule has 1 aromatic heterocycles. The molecule has 2 N–H and O–H groups in total. The smallest absolute Gasteiger partial charge is 0.291 e. The van der Waals surface area contributed by atoms with Crippen LogP contribution in [0.1, 0.15) is 21.6 Å². The minimum Gasteiger partial charge on any atom is -0.507 e. The number of nitrogens with one attached hydrogen (secondary N) is 1. The van der Waals surface area contributed by atoms with Crippen molar-refractivity contribution in [3.05, 3.63) is 82.6 Å². The number of aromatic hydroxyl groups is 1. The maximum absolute atomic E-state index is 12.0. The highest BCUT2D eigenvalue weighted by molar-refractivity contribution is 6.30. The molecule has 3 aromatic rings. The van der Waals surface area contributed by atoms with Crippen molar-refractivity contribution in [1.82, 2.24) is 15.2 Å². The van der Waals surface area contributed by atoms with Gasteiger partial charge in [0, 0.05) is 16.8 Å². The third-order valence-corrected chi connectivity index (χ3v) is 3.69. The number of hydrogen-bond acceptors (Lipinski definition) is 4. The zero-order valence-corrected chi connectivity index (χ0v) is 13.9. The van der Waals surface area contributed by atoms with E-state index in [0.29, 0.717) is 17.1 Å². The summed E-state index contributed by atoms with van der Waals surface area (Å²) < 4.78 is 1.66. The van der Waals surface area contributed by atoms with Crippen LogP contribution in [0.5, 0.6) is 5.75 Å². The molecule has 2 aromatic carbocycles. The first-order valence-electron chi connectivity index (χ1n) is 7.51. The zero-order chi connectivity index (χ0) is 17.6. The largest absolute Gasteiger partial charge is 0.507 e. The average molecular weight is 355 g/mol. The highest BCUT2D eigenvalue weighted by Gasteiger charge is 2.08. The lowest BCUT2D eigenvalue weighted by Crippen LogP contribution is -2.18. The van der Waals surface area contributed by atoms with Gasteiger partial charge in [-0.15, -0.1) is 0 Å². The molecule has 126 valence electrons. The van der Waals surface area contributed by atoms with Crippen LogP contribution < -0.4 is 5.43 Å². The zero-order valence-electron chi connectivity index (χ0n) is 13.1. The molecule has 0 saturated carbocycles. The van der Waals surface area contributed by atoms with Crippen molar-refractivity contribution in [1.29, 1.82) is 0 Å². The predicted molar refractivity (Wildman–Crippen MR) is 95.9 cm³/mol. The van der Waals surface area contributed by atoms with Crippen molar-refractivity contribution >= 4 is 23.7 Å². The van der Waals surface area contributed by atoms with E-state index in [-0.39, 0.29) is 11.4 Å². The van der Waals surface area contributed by atoms with E-state index in [1.54, 1.807) is 41.2 Å². The molecule has 7 heteroatoms. The second-order valence-corrected chi connectivity index (χ2v) is 5.72. The molecule has 0 spiro atoms. The van der Waals surface area contributed by atoms with Gasteiger partial charge < -0.3 is 5.11 Å². The van der Waals surface area contributed by atoms with Crippen LogP contribution in [0, 0.1) is 0 Å². The summed E-state index contributed by atoms with van der Waals surface area (Å²) >= 11 is 5.86. The molecular weight excluding hydrogens is 340 g/mol. The standard InChI is InChI=1S/C18H15ClN4O2/c19-15-7-5-13(6-8-15)12-23-10-9-16(22-23)18(25)21-20-11-14-3-1-2-4-17(14)24/h1-11,24H,12H2,(H,21,25)/b20-11-. The molecule has 6 nitrogen and oxygen atoms in total. The lowest BCUT2D eigenvalue weighted by molar-refractivity contribution is 0.0949. The fraction of sp³-hybridized carbons (Fsp3) is 0.0556. The highest BCUT2D eigenvalue weighted by atomic mass is 35.5. The number of benzene rings is 2. The quantitative estimate of drug-likeness (QED) is 0.546. The summed E-state index contributed by atoms with van der Waals surface area (Å²) in [7, 11) is 0. The van der Waals surface area contributed by atoms with Crippen molar-refractivity contribution < 1.29 is 9.90 Å². The molecule has 0 unspecified atom stereocenters. The van der Waals surface area contributed by atoms with Gasteiger partial charge in [0.1, 0.15) is 5.75 Å². The van der Waals surface area contributed by atoms with E-state index in [1.807, 2.05) is 24.3 Å². The van der Waals surface area contributed by atoms with Crippen molar-refractivity contribution in [3.8, 4) is 5.75 Å². The predicted octanol–water partition coefficient (Wildman–Crippen LogP) is 3.05. The molecule has 0 bridgehead atoms. The van der Waals surface area contributed by atoms with Crippen LogP contribution in [-0.4, -0.2) is 27.0 Å². The molecule has 0 atom stereocenters. The number of phenols is 1. The third kappa shape index (κ3) is 4.45. The van der Waals surface area contributed by atoms with E-state index in [0.717, 1.165) is 5.56 Å². The SMILES string of the molecule is O=C(N/N=C\c1ccccc1O)c1ccn(Cc2ccc(Cl)cc2)n1. The normalized spacial score (nSPS) is 10.9. The molecule has 0 aliphatic carbocycles. The minimum absolute atomic E-state index is 0.0905. The molecule has 1 heterocycles. The number of carbonyl (C=O) groups is 1. The van der Waals surface area contributed by atoms with Gasteiger partial charge in [0.15, 0.2) is 5.69 Å². The first-order valence-corrected chi connectivity index (χ1v) is 7.89. The van der Waals surface area contributed by atoms with Gasteiger partial charge in [-0.1, -0.05) is 35.9 Å². The summed E-state index contributed by atoms with van der Waals surface area (Å²) in [5, 5.41) is 18.4. The Morgan fingerprint density at radius 3 is 2.72 bits per heavy atom. The second kappa shape index (κ2) is 7.63. The minimum atomic E-state index is -0.429. The number of phenolic OH excluding ortho intramolecular Hbond substituents is 1. The van der Waals surface area contributed by atoms with Crippen LogP contribution in [-0.2, 0) is 6.54 Å². The van der Waals surface area contributed by atoms with E-state index < -0.39 is 5.91 Å². The maximum atomic E-state index is 12.0. The monoisotopic (exact) mass is 354 g/mol. The van der Waals surface area contributed by atoms with Gasteiger partial charge in [-0.05, 0) is 35.9 Å². The lowest BCUT2D eigenvalue weighted by Gasteiger charge is -2.02. The van der Waals surface area contributed by atoms with Gasteiger partial charge in [-0.25, -0.2) is 5.43 Å². The Morgan fingerprint density at radius 2 is 1.96 bits per heavy atom. The van der Waals surface area contributed by atoms with Crippen molar-refractivity contribution in [2.45, 2.75) is 6.54 Å². The second-order valence-electron chi connectivity index (χ2n) is 5.28. The average Bonchev–Trinajstić information content (AvgIpc) is 3.07. The number of nitrogens with zero attached hydrogens (tertiary/aromatic N) is 3. The Labute approximate surface area is 149 Å². The Bertz CT molecular complexity index is 903. The Kier molecular flexibility index (Phi) is 5.11. The van der Waals surface area contributed by atoms with Gasteiger partial charge >= 0.3 is 0 Å². The molecule has 1 amide bonds. The summed E-state index contributed by atoms with van der Waals surface area (Å²) in [5.41, 5.74) is 4.17. The van der Waals surface area contributed by atoms with Crippen LogP contribution in [0.2, 0.25) is 5.02 Å². The number of halogens is 1. The van der Waals surface area contributed by atoms with E-state index in [9.17, 15) is 9.90 Å². The molecule has 0 radical (unpaired) electrons. The van der Waals surface area contributed by atoms with E-state index in [2.05, 4.69) is 15.6 Å². The fourth-order valence-electron chi connectivity index (χ4n) is 2.16. The van der Waals surface area contributed by atoms with Crippen LogP contribution in [0.25, 0.3) is 0 Å². The summed E-state index contributed by atoms with van der Waals surface area (Å²) in [5.74, 6) is -0.339. The van der Waals surface area contributed by atoms with Crippen LogP contribution in [0.4, 0.5) is 0 Å². The Hall–Kier alpha value is -3.12. The molecule has 0 aliphatic heterocycles. The summed E-state index contributed by atoms with van der Waals surface area (Å²) in [6, 6.07) is 15.7. The van der Waals surface area contributed by atoms with Crippen molar-refractivity contribution in [2.24, 2.45) is 5.10 Å². The third-order valence-electron chi connectivity index (χ3n) is 3.44. The summed E-state index contributed by atoms with van der Waals surface area (Å²) in [6.07, 6.45) is 3.09. The molecule has 0 saturated heterocycles. The van der Waals surface area contributed by atoms with Crippen LogP contribution in [0.3, 0.4) is 0 Å². The van der Waals surface area contributed by atoms with Gasteiger partial charge in [0.2, 0.25) is 0 Å². The number of aromatic nitrogens is 2. The first-order chi connectivity index (χ1) is 12.1. The van der Waals surface area contributed by atoms with Crippen molar-refractivity contribution in [2.75, 3.05) is 0 Å². The van der Waals surface area contributed by atoms with Gasteiger partial charge in [-0.2, -0.15) is 10.2 Å². The lowest BCUT2D eigenvalue weighted by atomic mass is 10.2. The van der Waals surface area contributed by atoms with E-state index in [1.165, 1.54) is 6.21 Å². The van der Waals surface area contributed by atoms with Crippen LogP contribution in [0.15, 0.2) is 65.9 Å². The van der Waals surface area contributed by atoms with Gasteiger partial charge in [0.05, 0.1) is 12.8 Å². The molecule has 25 heavy (non-hydrogen) atoms. The number of carbonyl (C=O) groups excluding carboxylic acids is 1. The topological polar surface area (TPSA) is 79.5 Å². The number of hydrazone groups is 1. The maximum Gasteiger partial charge on any atom is 0.291 e. The number of rotatable bonds is 5. The van der Waals surface area contributed by atoms with E-state index in [4.69, 9.17) is 11.6 Å². The first kappa shape index (κ1) is 16.7. The van der Waals surface area contributed by atoms with Gasteiger partial charge in [-0.3, -0.25) is 9.48 Å². The molecule has 3 rings (SSSR count). The molecule has 0 aliphatic rings. The number of amides is 1. The van der Waals surface area contributed by atoms with Crippen molar-refractivity contribution in [3.63, 3.8) is 0 Å². The molecule has 0 fully saturated rings. The number of hydrogen-bond donors (Lipinski definition) is 2. The summed E-state index contributed by atoms with van der Waals surface area (Å²) in [4.78, 5) is 12.0. The Morgan fingerprint density at radius 1 is 1.20 bits per heavy atom. The molecular formula is C18H15ClN4O2. The number of para-hydroxylation sites is 1. The van der Waals surface area contributed by atoms with Crippen LogP contribution >= 0.6 is 11.6 Å². The fourth-order valence-corrected chi connectivity index (χ4v) is 2.29. The summed E-state index contributed by atoms with van der Waals surface area (Å²) in [6.45, 7) is 0.533. The highest BCUT2D eigenvalue weighted by Crippen LogP contribution is 2.12. The Balaban J connectivity index is 1.60. The van der Waals surface area contributed by atoms with Gasteiger partial charge in [0.25, 0.3) is 5.91 Å². The van der Waals surface area contributed by atoms with E-state index >= 15 is 0 Å².